The van der Waals surface area contributed by atoms with E-state index in [9.17, 15) is 0 Å². The molecule has 2 N–H and O–H groups in total. The van der Waals surface area contributed by atoms with Crippen LogP contribution < -0.4 is 10.6 Å². The quantitative estimate of drug-likeness (QED) is 0.790. The van der Waals surface area contributed by atoms with Gasteiger partial charge in [-0.15, -0.1) is 0 Å². The summed E-state index contributed by atoms with van der Waals surface area (Å²) in [7, 11) is 2.02. The van der Waals surface area contributed by atoms with E-state index in [1.54, 1.807) is 0 Å². The molecule has 2 nitrogen and oxygen atoms in total. The van der Waals surface area contributed by atoms with Crippen LogP contribution in [0.15, 0.2) is 24.3 Å². The SMILES string of the molecule is CNC(CNC(C)C)c1ccc(C(C)C)cc1. The van der Waals surface area contributed by atoms with Gasteiger partial charge in [-0.2, -0.15) is 0 Å². The van der Waals surface area contributed by atoms with Crippen molar-refractivity contribution in [3.8, 4) is 0 Å². The Morgan fingerprint density at radius 3 is 1.88 bits per heavy atom. The summed E-state index contributed by atoms with van der Waals surface area (Å²) >= 11 is 0. The molecule has 0 fully saturated rings. The van der Waals surface area contributed by atoms with Gasteiger partial charge >= 0.3 is 0 Å². The molecule has 17 heavy (non-hydrogen) atoms. The molecule has 0 aliphatic rings. The van der Waals surface area contributed by atoms with Gasteiger partial charge in [0.1, 0.15) is 0 Å². The molecule has 2 heteroatoms. The Hall–Kier alpha value is -0.860. The van der Waals surface area contributed by atoms with E-state index in [4.69, 9.17) is 0 Å². The normalized spacial score (nSPS) is 13.4. The first-order valence-electron chi connectivity index (χ1n) is 6.55. The van der Waals surface area contributed by atoms with E-state index in [0.717, 1.165) is 6.54 Å². The van der Waals surface area contributed by atoms with Crippen LogP contribution in [-0.4, -0.2) is 19.6 Å². The number of nitrogens with one attached hydrogen (secondary N) is 2. The number of likely N-dealkylation sites (N-methyl/N-ethyl adjacent to an activating group) is 1. The van der Waals surface area contributed by atoms with Gasteiger partial charge in [0.25, 0.3) is 0 Å². The van der Waals surface area contributed by atoms with Gasteiger partial charge in [-0.1, -0.05) is 52.0 Å². The van der Waals surface area contributed by atoms with Crippen molar-refractivity contribution in [1.29, 1.82) is 0 Å². The monoisotopic (exact) mass is 234 g/mol. The summed E-state index contributed by atoms with van der Waals surface area (Å²) in [6.07, 6.45) is 0. The Balaban J connectivity index is 2.68. The summed E-state index contributed by atoms with van der Waals surface area (Å²) in [5.41, 5.74) is 2.76. The first-order chi connectivity index (χ1) is 8.04. The number of rotatable bonds is 6. The molecule has 0 heterocycles. The molecule has 1 aromatic rings. The maximum Gasteiger partial charge on any atom is 0.0444 e. The van der Waals surface area contributed by atoms with Gasteiger partial charge in [0.2, 0.25) is 0 Å². The van der Waals surface area contributed by atoms with Gasteiger partial charge in [0.05, 0.1) is 0 Å². The predicted octanol–water partition coefficient (Wildman–Crippen LogP) is 3.07. The van der Waals surface area contributed by atoms with Crippen LogP contribution in [0.3, 0.4) is 0 Å². The molecule has 0 saturated heterocycles. The third-order valence-corrected chi connectivity index (χ3v) is 3.08. The summed E-state index contributed by atoms with van der Waals surface area (Å²) in [6, 6.07) is 9.86. The first-order valence-corrected chi connectivity index (χ1v) is 6.55. The van der Waals surface area contributed by atoms with Gasteiger partial charge in [-0.05, 0) is 24.1 Å². The van der Waals surface area contributed by atoms with Crippen LogP contribution >= 0.6 is 0 Å². The molecule has 1 unspecified atom stereocenters. The minimum Gasteiger partial charge on any atom is -0.313 e. The summed E-state index contributed by atoms with van der Waals surface area (Å²) in [4.78, 5) is 0. The van der Waals surface area contributed by atoms with Crippen LogP contribution in [0.4, 0.5) is 0 Å². The van der Waals surface area contributed by atoms with Gasteiger partial charge in [0, 0.05) is 18.6 Å². The van der Waals surface area contributed by atoms with Crippen molar-refractivity contribution in [2.75, 3.05) is 13.6 Å². The van der Waals surface area contributed by atoms with Gasteiger partial charge in [-0.25, -0.2) is 0 Å². The van der Waals surface area contributed by atoms with Crippen molar-refractivity contribution >= 4 is 0 Å². The first kappa shape index (κ1) is 14.2. The third-order valence-electron chi connectivity index (χ3n) is 3.08. The predicted molar refractivity (Wildman–Crippen MR) is 75.5 cm³/mol. The lowest BCUT2D eigenvalue weighted by Crippen LogP contribution is -2.33. The molecule has 0 spiro atoms. The molecule has 1 rings (SSSR count). The lowest BCUT2D eigenvalue weighted by atomic mass is 9.99. The van der Waals surface area contributed by atoms with E-state index in [1.807, 2.05) is 7.05 Å². The Morgan fingerprint density at radius 1 is 0.941 bits per heavy atom. The molecule has 0 bridgehead atoms. The fourth-order valence-electron chi connectivity index (χ4n) is 1.85. The van der Waals surface area contributed by atoms with E-state index in [0.29, 0.717) is 18.0 Å². The standard InChI is InChI=1S/C15H26N2/c1-11(2)13-6-8-14(9-7-13)15(16-5)10-17-12(3)4/h6-9,11-12,15-17H,10H2,1-5H3. The van der Waals surface area contributed by atoms with E-state index in [1.165, 1.54) is 11.1 Å². The molecular formula is C15H26N2. The topological polar surface area (TPSA) is 24.1 Å². The molecule has 1 atom stereocenters. The zero-order valence-electron chi connectivity index (χ0n) is 11.7. The van der Waals surface area contributed by atoms with Crippen molar-refractivity contribution in [2.45, 2.75) is 45.7 Å². The Bertz CT molecular complexity index is 314. The summed E-state index contributed by atoms with van der Waals surface area (Å²) in [6.45, 7) is 9.77. The molecule has 0 amide bonds. The highest BCUT2D eigenvalue weighted by Gasteiger charge is 2.09. The second kappa shape index (κ2) is 6.77. The summed E-state index contributed by atoms with van der Waals surface area (Å²) in [5.74, 6) is 0.603. The molecule has 0 saturated carbocycles. The fraction of sp³-hybridized carbons (Fsp3) is 0.600. The Morgan fingerprint density at radius 2 is 1.47 bits per heavy atom. The van der Waals surface area contributed by atoms with Crippen molar-refractivity contribution in [1.82, 2.24) is 10.6 Å². The van der Waals surface area contributed by atoms with Gasteiger partial charge < -0.3 is 10.6 Å². The lowest BCUT2D eigenvalue weighted by Gasteiger charge is -2.19. The highest BCUT2D eigenvalue weighted by molar-refractivity contribution is 5.27. The molecule has 0 radical (unpaired) electrons. The van der Waals surface area contributed by atoms with Crippen LogP contribution in [0.5, 0.6) is 0 Å². The van der Waals surface area contributed by atoms with Gasteiger partial charge in [-0.3, -0.25) is 0 Å². The van der Waals surface area contributed by atoms with Crippen molar-refractivity contribution in [3.63, 3.8) is 0 Å². The maximum absolute atomic E-state index is 3.47. The largest absolute Gasteiger partial charge is 0.313 e. The summed E-state index contributed by atoms with van der Waals surface area (Å²) in [5, 5.41) is 6.83. The molecule has 1 aromatic carbocycles. The van der Waals surface area contributed by atoms with Crippen LogP contribution in [0.2, 0.25) is 0 Å². The lowest BCUT2D eigenvalue weighted by molar-refractivity contribution is 0.491. The van der Waals surface area contributed by atoms with Crippen molar-refractivity contribution in [2.24, 2.45) is 0 Å². The molecule has 0 aliphatic heterocycles. The average molecular weight is 234 g/mol. The van der Waals surface area contributed by atoms with Crippen LogP contribution in [-0.2, 0) is 0 Å². The molecule has 0 aliphatic carbocycles. The zero-order chi connectivity index (χ0) is 12.8. The van der Waals surface area contributed by atoms with E-state index < -0.39 is 0 Å². The number of benzene rings is 1. The average Bonchev–Trinajstić information content (AvgIpc) is 2.30. The van der Waals surface area contributed by atoms with Crippen molar-refractivity contribution < 1.29 is 0 Å². The Kier molecular flexibility index (Phi) is 5.66. The smallest absolute Gasteiger partial charge is 0.0444 e. The second-order valence-electron chi connectivity index (χ2n) is 5.23. The van der Waals surface area contributed by atoms with E-state index >= 15 is 0 Å². The summed E-state index contributed by atoms with van der Waals surface area (Å²) < 4.78 is 0. The molecule has 96 valence electrons. The second-order valence-corrected chi connectivity index (χ2v) is 5.23. The highest BCUT2D eigenvalue weighted by atomic mass is 15.0. The highest BCUT2D eigenvalue weighted by Crippen LogP contribution is 2.18. The number of hydrogen-bond donors (Lipinski definition) is 2. The maximum atomic E-state index is 3.47. The Labute approximate surface area is 106 Å². The number of hydrogen-bond acceptors (Lipinski definition) is 2. The van der Waals surface area contributed by atoms with E-state index in [2.05, 4.69) is 62.6 Å². The van der Waals surface area contributed by atoms with Crippen LogP contribution in [0, 0.1) is 0 Å². The van der Waals surface area contributed by atoms with Gasteiger partial charge in [0.15, 0.2) is 0 Å². The molecule has 0 aromatic heterocycles. The minimum absolute atomic E-state index is 0.388. The third kappa shape index (κ3) is 4.49. The van der Waals surface area contributed by atoms with E-state index in [-0.39, 0.29) is 0 Å². The molecular weight excluding hydrogens is 208 g/mol. The van der Waals surface area contributed by atoms with Crippen LogP contribution in [0.25, 0.3) is 0 Å². The zero-order valence-corrected chi connectivity index (χ0v) is 11.7. The van der Waals surface area contributed by atoms with Crippen molar-refractivity contribution in [3.05, 3.63) is 35.4 Å². The van der Waals surface area contributed by atoms with Crippen LogP contribution in [0.1, 0.15) is 50.8 Å². The fourth-order valence-corrected chi connectivity index (χ4v) is 1.85. The minimum atomic E-state index is 0.388.